The van der Waals surface area contributed by atoms with Crippen LogP contribution in [-0.4, -0.2) is 25.9 Å². The van der Waals surface area contributed by atoms with Crippen LogP contribution < -0.4 is 5.32 Å². The topological polar surface area (TPSA) is 63.6 Å². The average molecular weight is 323 g/mol. The van der Waals surface area contributed by atoms with Gasteiger partial charge in [-0.05, 0) is 36.6 Å². The number of nitrogens with zero attached hydrogens (tertiary/aromatic N) is 4. The minimum atomic E-state index is -0.0905. The zero-order valence-electron chi connectivity index (χ0n) is 13.1. The Hall–Kier alpha value is -1.21. The van der Waals surface area contributed by atoms with Crippen LogP contribution in [0.25, 0.3) is 0 Å². The van der Waals surface area contributed by atoms with Crippen molar-refractivity contribution in [2.45, 2.75) is 55.8 Å². The summed E-state index contributed by atoms with van der Waals surface area (Å²) >= 11 is 2.94. The first-order chi connectivity index (χ1) is 9.91. The highest BCUT2D eigenvalue weighted by atomic mass is 32.2. The minimum absolute atomic E-state index is 0.0905. The summed E-state index contributed by atoms with van der Waals surface area (Å²) in [5.41, 5.74) is 0.976. The van der Waals surface area contributed by atoms with Crippen molar-refractivity contribution in [2.75, 3.05) is 11.9 Å². The van der Waals surface area contributed by atoms with Gasteiger partial charge in [-0.25, -0.2) is 15.0 Å². The Bertz CT molecular complexity index is 590. The Morgan fingerprint density at radius 3 is 2.62 bits per heavy atom. The van der Waals surface area contributed by atoms with Crippen molar-refractivity contribution in [1.82, 2.24) is 19.3 Å². The maximum Gasteiger partial charge on any atom is 0.176 e. The zero-order chi connectivity index (χ0) is 15.5. The lowest BCUT2D eigenvalue weighted by Gasteiger charge is -2.20. The predicted octanol–water partition coefficient (Wildman–Crippen LogP) is 3.91. The average Bonchev–Trinajstić information content (AvgIpc) is 2.91. The van der Waals surface area contributed by atoms with Crippen LogP contribution in [0, 0.1) is 6.92 Å². The van der Waals surface area contributed by atoms with Crippen LogP contribution in [0.2, 0.25) is 0 Å². The second kappa shape index (κ2) is 6.70. The first kappa shape index (κ1) is 16.2. The lowest BCUT2D eigenvalue weighted by molar-refractivity contribution is 0.538. The van der Waals surface area contributed by atoms with Gasteiger partial charge in [0.2, 0.25) is 0 Å². The first-order valence-corrected chi connectivity index (χ1v) is 8.58. The van der Waals surface area contributed by atoms with Crippen LogP contribution in [0.5, 0.6) is 0 Å². The normalized spacial score (nSPS) is 11.7. The number of hydrogen-bond acceptors (Lipinski definition) is 7. The Morgan fingerprint density at radius 1 is 1.29 bits per heavy atom. The number of anilines is 1. The molecule has 114 valence electrons. The highest BCUT2D eigenvalue weighted by Crippen LogP contribution is 2.33. The third-order valence-electron chi connectivity index (χ3n) is 2.84. The van der Waals surface area contributed by atoms with E-state index in [0.717, 1.165) is 39.5 Å². The quantitative estimate of drug-likeness (QED) is 0.842. The molecule has 2 rings (SSSR count). The summed E-state index contributed by atoms with van der Waals surface area (Å²) in [4.78, 5) is 13.7. The minimum Gasteiger partial charge on any atom is -0.370 e. The first-order valence-electron chi connectivity index (χ1n) is 6.99. The molecule has 2 aromatic heterocycles. The summed E-state index contributed by atoms with van der Waals surface area (Å²) in [5.74, 6) is 1.77. The number of aromatic nitrogens is 4. The van der Waals surface area contributed by atoms with Gasteiger partial charge in [0.05, 0.1) is 0 Å². The van der Waals surface area contributed by atoms with Crippen LogP contribution in [0.1, 0.15) is 45.5 Å². The number of rotatable bonds is 5. The highest BCUT2D eigenvalue weighted by molar-refractivity contribution is 8.00. The van der Waals surface area contributed by atoms with Gasteiger partial charge >= 0.3 is 0 Å². The van der Waals surface area contributed by atoms with Gasteiger partial charge in [0, 0.05) is 17.5 Å². The number of hydrogen-bond donors (Lipinski definition) is 1. The lowest BCUT2D eigenvalue weighted by Crippen LogP contribution is -2.19. The van der Waals surface area contributed by atoms with Crippen molar-refractivity contribution >= 4 is 29.1 Å². The molecule has 5 nitrogen and oxygen atoms in total. The molecule has 0 aliphatic carbocycles. The molecule has 0 fully saturated rings. The van der Waals surface area contributed by atoms with Gasteiger partial charge < -0.3 is 5.32 Å². The van der Waals surface area contributed by atoms with E-state index in [1.807, 2.05) is 6.92 Å². The largest absolute Gasteiger partial charge is 0.370 e. The third kappa shape index (κ3) is 4.14. The zero-order valence-corrected chi connectivity index (χ0v) is 14.7. The molecule has 0 radical (unpaired) electrons. The molecule has 1 N–H and O–H groups in total. The van der Waals surface area contributed by atoms with Crippen LogP contribution in [0.15, 0.2) is 15.7 Å². The lowest BCUT2D eigenvalue weighted by atomic mass is 9.95. The Morgan fingerprint density at radius 2 is 2.05 bits per heavy atom. The Kier molecular flexibility index (Phi) is 5.16. The van der Waals surface area contributed by atoms with Gasteiger partial charge in [-0.2, -0.15) is 4.37 Å². The second-order valence-electron chi connectivity index (χ2n) is 5.81. The van der Waals surface area contributed by atoms with Crippen molar-refractivity contribution in [2.24, 2.45) is 0 Å². The monoisotopic (exact) mass is 323 g/mol. The van der Waals surface area contributed by atoms with Gasteiger partial charge in [-0.3, -0.25) is 0 Å². The molecule has 0 bridgehead atoms. The molecule has 0 unspecified atom stereocenters. The van der Waals surface area contributed by atoms with Gasteiger partial charge in [-0.15, -0.1) is 0 Å². The SMILES string of the molecule is CCCNc1nc(C(C)(C)C)nc(Sc2ncns2)c1C. The van der Waals surface area contributed by atoms with Crippen molar-refractivity contribution in [3.8, 4) is 0 Å². The summed E-state index contributed by atoms with van der Waals surface area (Å²) in [5, 5.41) is 4.35. The van der Waals surface area contributed by atoms with Gasteiger partial charge in [0.25, 0.3) is 0 Å². The molecule has 0 amide bonds. The number of nitrogens with one attached hydrogen (secondary N) is 1. The molecule has 0 aromatic carbocycles. The van der Waals surface area contributed by atoms with E-state index >= 15 is 0 Å². The smallest absolute Gasteiger partial charge is 0.176 e. The molecule has 2 aromatic rings. The van der Waals surface area contributed by atoms with Crippen molar-refractivity contribution in [3.63, 3.8) is 0 Å². The van der Waals surface area contributed by atoms with E-state index in [4.69, 9.17) is 9.97 Å². The van der Waals surface area contributed by atoms with Gasteiger partial charge in [0.15, 0.2) is 4.34 Å². The molecule has 0 spiro atoms. The van der Waals surface area contributed by atoms with E-state index in [-0.39, 0.29) is 5.41 Å². The fourth-order valence-electron chi connectivity index (χ4n) is 1.64. The summed E-state index contributed by atoms with van der Waals surface area (Å²) in [7, 11) is 0. The van der Waals surface area contributed by atoms with Gasteiger partial charge in [0.1, 0.15) is 23.0 Å². The molecule has 21 heavy (non-hydrogen) atoms. The van der Waals surface area contributed by atoms with Crippen molar-refractivity contribution < 1.29 is 0 Å². The van der Waals surface area contributed by atoms with E-state index < -0.39 is 0 Å². The van der Waals surface area contributed by atoms with E-state index in [0.29, 0.717) is 0 Å². The maximum atomic E-state index is 4.74. The second-order valence-corrected chi connectivity index (χ2v) is 7.83. The van der Waals surface area contributed by atoms with E-state index in [1.165, 1.54) is 11.5 Å². The molecule has 0 saturated carbocycles. The van der Waals surface area contributed by atoms with E-state index in [2.05, 4.69) is 42.4 Å². The Balaban J connectivity index is 2.41. The fraction of sp³-hybridized carbons (Fsp3) is 0.571. The fourth-order valence-corrected chi connectivity index (χ4v) is 3.08. The summed E-state index contributed by atoms with van der Waals surface area (Å²) in [6.45, 7) is 11.5. The van der Waals surface area contributed by atoms with Gasteiger partial charge in [-0.1, -0.05) is 27.7 Å². The molecule has 0 atom stereocenters. The highest BCUT2D eigenvalue weighted by Gasteiger charge is 2.22. The summed E-state index contributed by atoms with van der Waals surface area (Å²) in [6, 6.07) is 0. The Labute approximate surface area is 134 Å². The molecular formula is C14H21N5S2. The van der Waals surface area contributed by atoms with Crippen molar-refractivity contribution in [3.05, 3.63) is 17.7 Å². The predicted molar refractivity (Wildman–Crippen MR) is 88.3 cm³/mol. The van der Waals surface area contributed by atoms with Crippen LogP contribution in [0.4, 0.5) is 5.82 Å². The van der Waals surface area contributed by atoms with Crippen molar-refractivity contribution in [1.29, 1.82) is 0 Å². The third-order valence-corrected chi connectivity index (χ3v) is 4.65. The van der Waals surface area contributed by atoms with Crippen LogP contribution in [0.3, 0.4) is 0 Å². The van der Waals surface area contributed by atoms with Crippen LogP contribution in [-0.2, 0) is 5.41 Å². The van der Waals surface area contributed by atoms with E-state index in [1.54, 1.807) is 18.1 Å². The molecular weight excluding hydrogens is 302 g/mol. The molecule has 7 heteroatoms. The molecule has 0 aliphatic rings. The standard InChI is InChI=1S/C14H21N5S2/c1-6-7-15-10-9(2)11(20-13-16-8-17-21-13)19-12(18-10)14(3,4)5/h8H,6-7H2,1-5H3,(H,15,18,19). The maximum absolute atomic E-state index is 4.74. The molecule has 0 aliphatic heterocycles. The summed E-state index contributed by atoms with van der Waals surface area (Å²) < 4.78 is 4.94. The van der Waals surface area contributed by atoms with Crippen LogP contribution >= 0.6 is 23.3 Å². The summed E-state index contributed by atoms with van der Waals surface area (Å²) in [6.07, 6.45) is 2.64. The molecule has 0 saturated heterocycles. The molecule has 2 heterocycles. The van der Waals surface area contributed by atoms with E-state index in [9.17, 15) is 0 Å².